The van der Waals surface area contributed by atoms with Gasteiger partial charge in [0, 0.05) is 57.1 Å². The van der Waals surface area contributed by atoms with Gasteiger partial charge in [0.15, 0.2) is 0 Å². The molecule has 1 aromatic carbocycles. The van der Waals surface area contributed by atoms with Gasteiger partial charge in [-0.05, 0) is 84.0 Å². The van der Waals surface area contributed by atoms with Gasteiger partial charge in [0.25, 0.3) is 0 Å². The summed E-state index contributed by atoms with van der Waals surface area (Å²) in [6.07, 6.45) is 9.35. The van der Waals surface area contributed by atoms with E-state index in [1.54, 1.807) is 0 Å². The van der Waals surface area contributed by atoms with Crippen LogP contribution in [-0.4, -0.2) is 92.3 Å². The second-order valence-electron chi connectivity index (χ2n) is 11.7. The van der Waals surface area contributed by atoms with Gasteiger partial charge in [-0.25, -0.2) is 4.98 Å². The number of anilines is 2. The summed E-state index contributed by atoms with van der Waals surface area (Å²) in [5.41, 5.74) is 3.58. The summed E-state index contributed by atoms with van der Waals surface area (Å²) in [6, 6.07) is 11.7. The molecule has 4 rings (SSSR count). The topological polar surface area (TPSA) is 71.6 Å². The summed E-state index contributed by atoms with van der Waals surface area (Å²) in [5.74, 6) is 1.75. The first-order valence-corrected chi connectivity index (χ1v) is 15.3. The summed E-state index contributed by atoms with van der Waals surface area (Å²) in [6.45, 7) is 12.4. The number of aryl methyl sites for hydroxylation is 1. The van der Waals surface area contributed by atoms with Crippen LogP contribution in [0.4, 0.5) is 11.8 Å². The minimum atomic E-state index is 0.714. The number of nitrogens with zero attached hydrogens (tertiary/aromatic N) is 5. The van der Waals surface area contributed by atoms with Crippen LogP contribution in [0.2, 0.25) is 0 Å². The third kappa shape index (κ3) is 10.7. The summed E-state index contributed by atoms with van der Waals surface area (Å²) < 4.78 is 0. The van der Waals surface area contributed by atoms with Crippen molar-refractivity contribution in [2.45, 2.75) is 71.0 Å². The fourth-order valence-corrected chi connectivity index (χ4v) is 5.62. The molecule has 2 heterocycles. The Bertz CT molecular complexity index is 950. The third-order valence-electron chi connectivity index (χ3n) is 7.99. The van der Waals surface area contributed by atoms with Gasteiger partial charge >= 0.3 is 0 Å². The molecule has 8 heteroatoms. The minimum Gasteiger partial charge on any atom is -0.354 e. The molecule has 1 aromatic heterocycles. The molecule has 0 amide bonds. The molecule has 216 valence electrons. The Labute approximate surface area is 237 Å². The molecule has 2 fully saturated rings. The molecule has 3 N–H and O–H groups in total. The van der Waals surface area contributed by atoms with Gasteiger partial charge in [-0.3, -0.25) is 4.90 Å². The van der Waals surface area contributed by atoms with Crippen molar-refractivity contribution in [2.24, 2.45) is 0 Å². The second kappa shape index (κ2) is 16.1. The van der Waals surface area contributed by atoms with Crippen molar-refractivity contribution in [1.29, 1.82) is 0 Å². The highest BCUT2D eigenvalue weighted by molar-refractivity contribution is 5.45. The van der Waals surface area contributed by atoms with Gasteiger partial charge in [-0.15, -0.1) is 0 Å². The van der Waals surface area contributed by atoms with Crippen LogP contribution in [0, 0.1) is 6.92 Å². The monoisotopic (exact) mass is 536 g/mol. The van der Waals surface area contributed by atoms with Crippen LogP contribution in [0.15, 0.2) is 30.3 Å². The molecule has 1 saturated carbocycles. The largest absolute Gasteiger partial charge is 0.354 e. The molecule has 1 aliphatic carbocycles. The number of piperazine rings is 1. The van der Waals surface area contributed by atoms with Gasteiger partial charge in [0.1, 0.15) is 5.82 Å². The highest BCUT2D eigenvalue weighted by Crippen LogP contribution is 2.18. The standard InChI is InChI=1S/C31H52N8/c1-26-23-30(39-21-19-38(20-22-39)18-8-17-37(2)3)36-31(35-26)34-25-28-13-11-27(12-14-28)24-32-15-7-16-33-29-9-5-4-6-10-29/h11-14,23,29,32-33H,4-10,15-22,24-25H2,1-3H3,(H,34,35,36). The highest BCUT2D eigenvalue weighted by atomic mass is 15.3. The van der Waals surface area contributed by atoms with Crippen molar-refractivity contribution in [2.75, 3.05) is 76.7 Å². The van der Waals surface area contributed by atoms with Crippen molar-refractivity contribution in [3.8, 4) is 0 Å². The Hall–Kier alpha value is -2.26. The number of nitrogens with one attached hydrogen (secondary N) is 3. The van der Waals surface area contributed by atoms with Crippen LogP contribution in [-0.2, 0) is 13.1 Å². The van der Waals surface area contributed by atoms with E-state index < -0.39 is 0 Å². The number of benzene rings is 1. The lowest BCUT2D eigenvalue weighted by Crippen LogP contribution is -2.47. The SMILES string of the molecule is Cc1cc(N2CCN(CCCN(C)C)CC2)nc(NCc2ccc(CNCCCNC3CCCCC3)cc2)n1. The van der Waals surface area contributed by atoms with Crippen molar-refractivity contribution in [3.63, 3.8) is 0 Å². The predicted octanol–water partition coefficient (Wildman–Crippen LogP) is 3.87. The fraction of sp³-hybridized carbons (Fsp3) is 0.677. The molecule has 0 spiro atoms. The Morgan fingerprint density at radius 2 is 1.59 bits per heavy atom. The maximum Gasteiger partial charge on any atom is 0.225 e. The second-order valence-corrected chi connectivity index (χ2v) is 11.7. The van der Waals surface area contributed by atoms with E-state index in [1.807, 2.05) is 0 Å². The Morgan fingerprint density at radius 1 is 0.872 bits per heavy atom. The van der Waals surface area contributed by atoms with Gasteiger partial charge in [-0.1, -0.05) is 43.5 Å². The highest BCUT2D eigenvalue weighted by Gasteiger charge is 2.19. The lowest BCUT2D eigenvalue weighted by atomic mass is 9.95. The number of aromatic nitrogens is 2. The summed E-state index contributed by atoms with van der Waals surface area (Å²) in [4.78, 5) is 16.7. The molecule has 1 aliphatic heterocycles. The van der Waals surface area contributed by atoms with E-state index in [4.69, 9.17) is 4.98 Å². The first-order chi connectivity index (χ1) is 19.0. The molecule has 0 radical (unpaired) electrons. The number of rotatable bonds is 15. The van der Waals surface area contributed by atoms with Crippen LogP contribution in [0.5, 0.6) is 0 Å². The zero-order valence-corrected chi connectivity index (χ0v) is 24.7. The van der Waals surface area contributed by atoms with Crippen LogP contribution >= 0.6 is 0 Å². The molecule has 8 nitrogen and oxygen atoms in total. The number of hydrogen-bond acceptors (Lipinski definition) is 8. The van der Waals surface area contributed by atoms with Crippen molar-refractivity contribution >= 4 is 11.8 Å². The third-order valence-corrected chi connectivity index (χ3v) is 7.99. The molecule has 0 atom stereocenters. The molecule has 0 bridgehead atoms. The zero-order valence-electron chi connectivity index (χ0n) is 24.7. The van der Waals surface area contributed by atoms with Crippen LogP contribution in [0.3, 0.4) is 0 Å². The molecular formula is C31H52N8. The van der Waals surface area contributed by atoms with Crippen LogP contribution in [0.25, 0.3) is 0 Å². The molecule has 39 heavy (non-hydrogen) atoms. The molecule has 2 aliphatic rings. The number of hydrogen-bond donors (Lipinski definition) is 3. The first kappa shape index (κ1) is 29.7. The van der Waals surface area contributed by atoms with Gasteiger partial charge in [0.05, 0.1) is 0 Å². The van der Waals surface area contributed by atoms with Crippen molar-refractivity contribution in [1.82, 2.24) is 30.4 Å². The molecule has 2 aromatic rings. The maximum atomic E-state index is 4.86. The molecule has 1 saturated heterocycles. The predicted molar refractivity (Wildman–Crippen MR) is 164 cm³/mol. The van der Waals surface area contributed by atoms with Gasteiger partial charge in [0.2, 0.25) is 5.95 Å². The fourth-order valence-electron chi connectivity index (χ4n) is 5.62. The maximum absolute atomic E-state index is 4.86. The minimum absolute atomic E-state index is 0.714. The Balaban J connectivity index is 1.14. The lowest BCUT2D eigenvalue weighted by Gasteiger charge is -2.35. The lowest BCUT2D eigenvalue weighted by molar-refractivity contribution is 0.242. The van der Waals surface area contributed by atoms with E-state index in [-0.39, 0.29) is 0 Å². The molecular weight excluding hydrogens is 484 g/mol. The summed E-state index contributed by atoms with van der Waals surface area (Å²) in [7, 11) is 4.29. The normalized spacial score (nSPS) is 17.2. The van der Waals surface area contributed by atoms with E-state index in [0.717, 1.165) is 76.5 Å². The molecule has 0 unspecified atom stereocenters. The Morgan fingerprint density at radius 3 is 2.31 bits per heavy atom. The van der Waals surface area contributed by atoms with E-state index in [0.29, 0.717) is 5.95 Å². The van der Waals surface area contributed by atoms with Crippen molar-refractivity contribution < 1.29 is 0 Å². The van der Waals surface area contributed by atoms with E-state index in [1.165, 1.54) is 62.6 Å². The summed E-state index contributed by atoms with van der Waals surface area (Å²) >= 11 is 0. The quantitative estimate of drug-likeness (QED) is 0.296. The summed E-state index contributed by atoms with van der Waals surface area (Å²) in [5, 5.41) is 10.8. The van der Waals surface area contributed by atoms with Crippen molar-refractivity contribution in [3.05, 3.63) is 47.2 Å². The average Bonchev–Trinajstić information content (AvgIpc) is 2.95. The first-order valence-electron chi connectivity index (χ1n) is 15.3. The van der Waals surface area contributed by atoms with E-state index in [2.05, 4.69) is 87.0 Å². The smallest absolute Gasteiger partial charge is 0.225 e. The van der Waals surface area contributed by atoms with Gasteiger partial charge in [-0.2, -0.15) is 4.98 Å². The van der Waals surface area contributed by atoms with Crippen LogP contribution < -0.4 is 20.9 Å². The van der Waals surface area contributed by atoms with E-state index >= 15 is 0 Å². The average molecular weight is 537 g/mol. The Kier molecular flexibility index (Phi) is 12.3. The van der Waals surface area contributed by atoms with E-state index in [9.17, 15) is 0 Å². The zero-order chi connectivity index (χ0) is 27.3. The van der Waals surface area contributed by atoms with Crippen LogP contribution in [0.1, 0.15) is 61.8 Å². The van der Waals surface area contributed by atoms with Gasteiger partial charge < -0.3 is 25.8 Å².